The van der Waals surface area contributed by atoms with Crippen molar-refractivity contribution >= 4 is 24.2 Å². The van der Waals surface area contributed by atoms with Crippen LogP contribution in [0.25, 0.3) is 0 Å². The molecule has 1 aromatic carbocycles. The predicted octanol–water partition coefficient (Wildman–Crippen LogP) is 1.30. The van der Waals surface area contributed by atoms with Gasteiger partial charge >= 0.3 is 18.8 Å². The molecule has 0 aliphatic carbocycles. The Morgan fingerprint density at radius 1 is 1.23 bits per heavy atom. The minimum absolute atomic E-state index is 0.167. The number of phenols is 1. The van der Waals surface area contributed by atoms with E-state index in [4.69, 9.17) is 14.4 Å². The molecule has 0 unspecified atom stereocenters. The van der Waals surface area contributed by atoms with Crippen LogP contribution in [0.15, 0.2) is 12.1 Å². The van der Waals surface area contributed by atoms with Crippen LogP contribution in [0.3, 0.4) is 0 Å². The largest absolute Gasteiger partial charge is 0.501 e. The molecule has 2 rings (SSSR count). The molecule has 1 aliphatic heterocycles. The monoisotopic (exact) mass is 309 g/mol. The van der Waals surface area contributed by atoms with Crippen LogP contribution in [0.2, 0.25) is 0 Å². The van der Waals surface area contributed by atoms with Crippen molar-refractivity contribution in [1.29, 1.82) is 0 Å². The fraction of sp³-hybridized carbons (Fsp3) is 0.462. The van der Waals surface area contributed by atoms with Gasteiger partial charge in [-0.3, -0.25) is 10.1 Å². The van der Waals surface area contributed by atoms with Crippen LogP contribution in [0.1, 0.15) is 38.1 Å². The quantitative estimate of drug-likeness (QED) is 0.490. The highest BCUT2D eigenvalue weighted by Gasteiger charge is 2.52. The van der Waals surface area contributed by atoms with Gasteiger partial charge in [-0.15, -0.1) is 0 Å². The molecule has 1 aromatic rings. The summed E-state index contributed by atoms with van der Waals surface area (Å²) >= 11 is 0. The maximum atomic E-state index is 11.2. The highest BCUT2D eigenvalue weighted by molar-refractivity contribution is 6.62. The third-order valence-electron chi connectivity index (χ3n) is 4.06. The minimum Gasteiger partial charge on any atom is -0.501 e. The molecule has 0 atom stereocenters. The summed E-state index contributed by atoms with van der Waals surface area (Å²) in [5.74, 6) is -2.36. The van der Waals surface area contributed by atoms with Crippen LogP contribution in [0.5, 0.6) is 5.75 Å². The highest BCUT2D eigenvalue weighted by atomic mass is 16.7. The van der Waals surface area contributed by atoms with Gasteiger partial charge in [0.05, 0.1) is 16.1 Å². The second-order valence-electron chi connectivity index (χ2n) is 6.09. The van der Waals surface area contributed by atoms with Crippen molar-refractivity contribution in [3.8, 4) is 5.75 Å². The van der Waals surface area contributed by atoms with E-state index in [1.807, 2.05) is 0 Å². The zero-order valence-electron chi connectivity index (χ0n) is 12.6. The molecule has 2 N–H and O–H groups in total. The molecule has 0 amide bonds. The number of nitro groups is 1. The van der Waals surface area contributed by atoms with E-state index in [2.05, 4.69) is 0 Å². The molecule has 8 nitrogen and oxygen atoms in total. The van der Waals surface area contributed by atoms with E-state index in [1.165, 1.54) is 0 Å². The number of aromatic carboxylic acids is 1. The molecule has 0 radical (unpaired) electrons. The third-order valence-corrected chi connectivity index (χ3v) is 4.06. The first-order valence-electron chi connectivity index (χ1n) is 6.56. The summed E-state index contributed by atoms with van der Waals surface area (Å²) in [6.07, 6.45) is 0. The molecule has 1 fully saturated rings. The average Bonchev–Trinajstić information content (AvgIpc) is 2.57. The summed E-state index contributed by atoms with van der Waals surface area (Å²) in [7, 11) is -0.956. The molecule has 1 heterocycles. The number of rotatable bonds is 3. The van der Waals surface area contributed by atoms with Crippen LogP contribution < -0.4 is 5.46 Å². The first-order valence-corrected chi connectivity index (χ1v) is 6.56. The van der Waals surface area contributed by atoms with E-state index in [1.54, 1.807) is 27.7 Å². The second-order valence-corrected chi connectivity index (χ2v) is 6.09. The summed E-state index contributed by atoms with van der Waals surface area (Å²) in [5.41, 5.74) is -2.45. The summed E-state index contributed by atoms with van der Waals surface area (Å²) in [4.78, 5) is 21.3. The van der Waals surface area contributed by atoms with Crippen molar-refractivity contribution in [2.45, 2.75) is 38.9 Å². The Morgan fingerprint density at radius 2 is 1.73 bits per heavy atom. The van der Waals surface area contributed by atoms with Crippen molar-refractivity contribution in [2.75, 3.05) is 0 Å². The lowest BCUT2D eigenvalue weighted by molar-refractivity contribution is -0.385. The Hall–Kier alpha value is -2.13. The van der Waals surface area contributed by atoms with E-state index in [9.17, 15) is 20.0 Å². The topological polar surface area (TPSA) is 119 Å². The summed E-state index contributed by atoms with van der Waals surface area (Å²) in [6.45, 7) is 7.22. The maximum Gasteiger partial charge on any atom is 0.495 e. The van der Waals surface area contributed by atoms with Crippen molar-refractivity contribution < 1.29 is 29.2 Å². The van der Waals surface area contributed by atoms with Crippen LogP contribution >= 0.6 is 0 Å². The molecule has 9 heteroatoms. The van der Waals surface area contributed by atoms with Gasteiger partial charge in [0.15, 0.2) is 0 Å². The van der Waals surface area contributed by atoms with E-state index in [-0.39, 0.29) is 5.46 Å². The molecule has 0 bridgehead atoms. The van der Waals surface area contributed by atoms with Crippen molar-refractivity contribution in [2.24, 2.45) is 0 Å². The molecular formula is C13H16BNO7. The number of carbonyl (C=O) groups is 1. The Bertz CT molecular complexity index is 605. The van der Waals surface area contributed by atoms with Crippen LogP contribution in [-0.2, 0) is 9.31 Å². The van der Waals surface area contributed by atoms with Gasteiger partial charge in [-0.05, 0) is 39.2 Å². The summed E-state index contributed by atoms with van der Waals surface area (Å²) < 4.78 is 11.5. The molecule has 0 saturated carbocycles. The van der Waals surface area contributed by atoms with Crippen LogP contribution in [-0.4, -0.2) is 39.4 Å². The van der Waals surface area contributed by atoms with Crippen molar-refractivity contribution in [1.82, 2.24) is 0 Å². The van der Waals surface area contributed by atoms with Gasteiger partial charge in [-0.1, -0.05) is 0 Å². The van der Waals surface area contributed by atoms with Gasteiger partial charge in [0, 0.05) is 6.07 Å². The van der Waals surface area contributed by atoms with Crippen LogP contribution in [0.4, 0.5) is 5.69 Å². The highest BCUT2D eigenvalue weighted by Crippen LogP contribution is 2.37. The fourth-order valence-corrected chi connectivity index (χ4v) is 2.06. The lowest BCUT2D eigenvalue weighted by atomic mass is 9.78. The number of carboxylic acids is 1. The Labute approximate surface area is 127 Å². The predicted molar refractivity (Wildman–Crippen MR) is 77.4 cm³/mol. The second kappa shape index (κ2) is 4.96. The first-order chi connectivity index (χ1) is 9.96. The van der Waals surface area contributed by atoms with Gasteiger partial charge in [0.1, 0.15) is 5.56 Å². The Kier molecular flexibility index (Phi) is 3.66. The summed E-state index contributed by atoms with van der Waals surface area (Å²) in [5, 5.41) is 29.8. The lowest BCUT2D eigenvalue weighted by Crippen LogP contribution is -2.41. The van der Waals surface area contributed by atoms with E-state index in [0.717, 1.165) is 12.1 Å². The number of hydrogen-bond donors (Lipinski definition) is 2. The molecule has 1 saturated heterocycles. The van der Waals surface area contributed by atoms with Gasteiger partial charge in [0.2, 0.25) is 5.75 Å². The van der Waals surface area contributed by atoms with Crippen molar-refractivity contribution in [3.63, 3.8) is 0 Å². The van der Waals surface area contributed by atoms with Crippen LogP contribution in [0, 0.1) is 10.1 Å². The summed E-state index contributed by atoms with van der Waals surface area (Å²) in [6, 6.07) is 2.18. The molecule has 22 heavy (non-hydrogen) atoms. The molecule has 0 spiro atoms. The van der Waals surface area contributed by atoms with Gasteiger partial charge in [-0.2, -0.15) is 0 Å². The van der Waals surface area contributed by atoms with E-state index >= 15 is 0 Å². The Morgan fingerprint density at radius 3 is 2.14 bits per heavy atom. The Balaban J connectivity index is 2.54. The zero-order chi connectivity index (χ0) is 16.9. The number of nitro benzene ring substituents is 1. The van der Waals surface area contributed by atoms with E-state index < -0.39 is 46.2 Å². The third kappa shape index (κ3) is 2.53. The molecular weight excluding hydrogens is 293 g/mol. The smallest absolute Gasteiger partial charge is 0.495 e. The zero-order valence-corrected chi connectivity index (χ0v) is 12.6. The lowest BCUT2D eigenvalue weighted by Gasteiger charge is -2.32. The number of aromatic hydroxyl groups is 1. The SMILES string of the molecule is CC1(C)OB(c2cc(C(=O)O)c(O)c([N+](=O)[O-])c2)OC1(C)C. The van der Waals surface area contributed by atoms with Gasteiger partial charge < -0.3 is 19.5 Å². The normalized spacial score (nSPS) is 19.2. The van der Waals surface area contributed by atoms with Gasteiger partial charge in [0.25, 0.3) is 0 Å². The molecule has 1 aliphatic rings. The number of carboxylic acid groups (broad SMARTS) is 1. The average molecular weight is 309 g/mol. The first kappa shape index (κ1) is 16.2. The minimum atomic E-state index is -1.47. The number of hydrogen-bond acceptors (Lipinski definition) is 6. The number of nitrogens with zero attached hydrogens (tertiary/aromatic N) is 1. The van der Waals surface area contributed by atoms with Crippen molar-refractivity contribution in [3.05, 3.63) is 27.8 Å². The van der Waals surface area contributed by atoms with E-state index in [0.29, 0.717) is 0 Å². The standard InChI is InChI=1S/C13H16BNO7/c1-12(2)13(3,4)22-14(21-12)7-5-8(11(17)18)10(16)9(6-7)15(19)20/h5-6,16H,1-4H3,(H,17,18). The maximum absolute atomic E-state index is 11.2. The molecule has 118 valence electrons. The van der Waals surface area contributed by atoms with Gasteiger partial charge in [-0.25, -0.2) is 4.79 Å². The number of benzene rings is 1. The molecule has 0 aromatic heterocycles. The fourth-order valence-electron chi connectivity index (χ4n) is 2.06.